The summed E-state index contributed by atoms with van der Waals surface area (Å²) in [4.78, 5) is 29.6. The molecule has 0 saturated heterocycles. The number of rotatable bonds is 5. The standard InChI is InChI=1S/C22H18N2O3S.2C2H6/c1-2-24-20(25)17-12-15-10-6-7-11-16(15)13-18(17)23-22(24)28-19(21(26)27)14-8-4-3-5-9-14;2*1-2/h3-13,19H,2H2,1H3,(H,26,27);2*1-2H3. The number of carbonyl (C=O) groups is 1. The molecule has 0 radical (unpaired) electrons. The normalized spacial score (nSPS) is 11.2. The monoisotopic (exact) mass is 450 g/mol. The van der Waals surface area contributed by atoms with E-state index in [0.717, 1.165) is 22.5 Å². The molecule has 0 amide bonds. The fourth-order valence-electron chi connectivity index (χ4n) is 3.25. The Morgan fingerprint density at radius 3 is 2.09 bits per heavy atom. The third-order valence-corrected chi connectivity index (χ3v) is 5.88. The van der Waals surface area contributed by atoms with Crippen LogP contribution in [0.3, 0.4) is 0 Å². The van der Waals surface area contributed by atoms with Crippen molar-refractivity contribution in [2.75, 3.05) is 0 Å². The van der Waals surface area contributed by atoms with Crippen LogP contribution in [0.2, 0.25) is 0 Å². The van der Waals surface area contributed by atoms with Gasteiger partial charge in [0.1, 0.15) is 5.25 Å². The van der Waals surface area contributed by atoms with Crippen molar-refractivity contribution < 1.29 is 9.90 Å². The van der Waals surface area contributed by atoms with Gasteiger partial charge in [-0.1, -0.05) is 94.1 Å². The van der Waals surface area contributed by atoms with Crippen LogP contribution >= 0.6 is 11.8 Å². The summed E-state index contributed by atoms with van der Waals surface area (Å²) in [5, 5.41) is 11.8. The first kappa shape index (κ1) is 25.1. The first-order chi connectivity index (χ1) is 15.6. The average molecular weight is 451 g/mol. The molecule has 5 nitrogen and oxygen atoms in total. The summed E-state index contributed by atoms with van der Waals surface area (Å²) in [5.41, 5.74) is 1.08. The number of benzene rings is 3. The number of carboxylic acid groups (broad SMARTS) is 1. The van der Waals surface area contributed by atoms with Crippen molar-refractivity contribution in [3.8, 4) is 0 Å². The second-order valence-corrected chi connectivity index (χ2v) is 7.48. The Balaban J connectivity index is 0.000000860. The highest BCUT2D eigenvalue weighted by Gasteiger charge is 2.24. The minimum absolute atomic E-state index is 0.155. The molecular formula is C26H30N2O3S. The van der Waals surface area contributed by atoms with E-state index in [4.69, 9.17) is 0 Å². The number of hydrogen-bond acceptors (Lipinski definition) is 4. The fraction of sp³-hybridized carbons (Fsp3) is 0.269. The van der Waals surface area contributed by atoms with E-state index in [9.17, 15) is 14.7 Å². The molecule has 32 heavy (non-hydrogen) atoms. The lowest BCUT2D eigenvalue weighted by atomic mass is 10.1. The van der Waals surface area contributed by atoms with E-state index in [2.05, 4.69) is 4.98 Å². The second kappa shape index (κ2) is 12.1. The molecule has 3 aromatic carbocycles. The van der Waals surface area contributed by atoms with Gasteiger partial charge in [0.2, 0.25) is 0 Å². The maximum Gasteiger partial charge on any atom is 0.321 e. The third kappa shape index (κ3) is 5.37. The predicted molar refractivity (Wildman–Crippen MR) is 135 cm³/mol. The molecular weight excluding hydrogens is 420 g/mol. The van der Waals surface area contributed by atoms with Gasteiger partial charge in [-0.2, -0.15) is 0 Å². The van der Waals surface area contributed by atoms with Crippen molar-refractivity contribution in [3.63, 3.8) is 0 Å². The molecule has 1 atom stereocenters. The van der Waals surface area contributed by atoms with Crippen molar-refractivity contribution in [3.05, 3.63) is 82.6 Å². The molecule has 0 fully saturated rings. The van der Waals surface area contributed by atoms with Crippen LogP contribution in [0.4, 0.5) is 0 Å². The minimum Gasteiger partial charge on any atom is -0.480 e. The van der Waals surface area contributed by atoms with Gasteiger partial charge in [-0.25, -0.2) is 4.98 Å². The zero-order valence-corrected chi connectivity index (χ0v) is 20.0. The van der Waals surface area contributed by atoms with Crippen molar-refractivity contribution in [2.45, 2.75) is 51.6 Å². The predicted octanol–water partition coefficient (Wildman–Crippen LogP) is 6.54. The van der Waals surface area contributed by atoms with Gasteiger partial charge in [0.25, 0.3) is 5.56 Å². The van der Waals surface area contributed by atoms with Crippen LogP contribution in [0.1, 0.15) is 45.4 Å². The first-order valence-corrected chi connectivity index (χ1v) is 11.8. The van der Waals surface area contributed by atoms with Gasteiger partial charge in [-0.3, -0.25) is 14.2 Å². The Morgan fingerprint density at radius 2 is 1.53 bits per heavy atom. The summed E-state index contributed by atoms with van der Waals surface area (Å²) >= 11 is 1.09. The highest BCUT2D eigenvalue weighted by atomic mass is 32.2. The van der Waals surface area contributed by atoms with Gasteiger partial charge in [0.05, 0.1) is 10.9 Å². The Bertz CT molecular complexity index is 1240. The Kier molecular flexibility index (Phi) is 9.47. The quantitative estimate of drug-likeness (QED) is 0.212. The number of nitrogens with zero attached hydrogens (tertiary/aromatic N) is 2. The van der Waals surface area contributed by atoms with Crippen LogP contribution < -0.4 is 5.56 Å². The van der Waals surface area contributed by atoms with Crippen LogP contribution in [0.5, 0.6) is 0 Å². The molecule has 0 bridgehead atoms. The van der Waals surface area contributed by atoms with Gasteiger partial charge in [-0.05, 0) is 35.4 Å². The summed E-state index contributed by atoms with van der Waals surface area (Å²) in [6.45, 7) is 10.3. The van der Waals surface area contributed by atoms with Crippen LogP contribution in [0.25, 0.3) is 21.7 Å². The summed E-state index contributed by atoms with van der Waals surface area (Å²) < 4.78 is 1.54. The molecule has 0 aliphatic rings. The molecule has 0 aliphatic carbocycles. The molecule has 168 valence electrons. The van der Waals surface area contributed by atoms with Crippen LogP contribution in [-0.2, 0) is 11.3 Å². The highest BCUT2D eigenvalue weighted by molar-refractivity contribution is 8.00. The smallest absolute Gasteiger partial charge is 0.321 e. The lowest BCUT2D eigenvalue weighted by Gasteiger charge is -2.16. The van der Waals surface area contributed by atoms with Crippen LogP contribution in [0.15, 0.2) is 76.7 Å². The number of fused-ring (bicyclic) bond motifs is 2. The highest BCUT2D eigenvalue weighted by Crippen LogP contribution is 2.35. The van der Waals surface area contributed by atoms with Crippen molar-refractivity contribution in [2.24, 2.45) is 0 Å². The van der Waals surface area contributed by atoms with Gasteiger partial charge < -0.3 is 5.11 Å². The summed E-state index contributed by atoms with van der Waals surface area (Å²) in [7, 11) is 0. The number of aliphatic carboxylic acids is 1. The van der Waals surface area contributed by atoms with E-state index in [-0.39, 0.29) is 5.56 Å². The molecule has 1 unspecified atom stereocenters. The van der Waals surface area contributed by atoms with Crippen molar-refractivity contribution in [1.82, 2.24) is 9.55 Å². The van der Waals surface area contributed by atoms with Crippen LogP contribution in [-0.4, -0.2) is 20.6 Å². The van der Waals surface area contributed by atoms with Crippen molar-refractivity contribution >= 4 is 39.4 Å². The first-order valence-electron chi connectivity index (χ1n) is 11.0. The SMILES string of the molecule is CC.CC.CCn1c(SC(C(=O)O)c2ccccc2)nc2cc3ccccc3cc2c1=O. The molecule has 1 heterocycles. The summed E-state index contributed by atoms with van der Waals surface area (Å²) in [6, 6.07) is 20.5. The topological polar surface area (TPSA) is 72.2 Å². The molecule has 1 aromatic heterocycles. The van der Waals surface area contributed by atoms with E-state index >= 15 is 0 Å². The second-order valence-electron chi connectivity index (χ2n) is 6.41. The molecule has 6 heteroatoms. The lowest BCUT2D eigenvalue weighted by molar-refractivity contribution is -0.136. The molecule has 4 aromatic rings. The number of hydrogen-bond donors (Lipinski definition) is 1. The molecule has 0 spiro atoms. The average Bonchev–Trinajstić information content (AvgIpc) is 2.84. The van der Waals surface area contributed by atoms with Gasteiger partial charge >= 0.3 is 5.97 Å². The largest absolute Gasteiger partial charge is 0.480 e. The maximum atomic E-state index is 13.1. The van der Waals surface area contributed by atoms with E-state index in [1.807, 2.05) is 77.1 Å². The summed E-state index contributed by atoms with van der Waals surface area (Å²) in [6.07, 6.45) is 0. The zero-order valence-electron chi connectivity index (χ0n) is 19.2. The maximum absolute atomic E-state index is 13.1. The fourth-order valence-corrected chi connectivity index (χ4v) is 4.35. The molecule has 0 saturated carbocycles. The molecule has 4 rings (SSSR count). The van der Waals surface area contributed by atoms with Crippen molar-refractivity contribution in [1.29, 1.82) is 0 Å². The number of carboxylic acids is 1. The van der Waals surface area contributed by atoms with E-state index in [0.29, 0.717) is 28.2 Å². The van der Waals surface area contributed by atoms with E-state index in [1.54, 1.807) is 28.8 Å². The van der Waals surface area contributed by atoms with Gasteiger partial charge in [0.15, 0.2) is 5.16 Å². The Labute approximate surface area is 193 Å². The van der Waals surface area contributed by atoms with Gasteiger partial charge in [-0.15, -0.1) is 0 Å². The zero-order chi connectivity index (χ0) is 23.7. The van der Waals surface area contributed by atoms with E-state index < -0.39 is 11.2 Å². The van der Waals surface area contributed by atoms with Gasteiger partial charge in [0, 0.05) is 6.54 Å². The molecule has 0 aliphatic heterocycles. The third-order valence-electron chi connectivity index (χ3n) is 4.65. The van der Waals surface area contributed by atoms with E-state index in [1.165, 1.54) is 0 Å². The van der Waals surface area contributed by atoms with Crippen LogP contribution in [0, 0.1) is 0 Å². The molecule has 1 N–H and O–H groups in total. The summed E-state index contributed by atoms with van der Waals surface area (Å²) in [5.74, 6) is -0.966. The Hall–Kier alpha value is -3.12. The number of thioether (sulfide) groups is 1. The lowest BCUT2D eigenvalue weighted by Crippen LogP contribution is -2.23. The number of aromatic nitrogens is 2. The Morgan fingerprint density at radius 1 is 0.969 bits per heavy atom. The minimum atomic E-state index is -0.966.